The van der Waals surface area contributed by atoms with Crippen molar-refractivity contribution in [2.45, 2.75) is 6.54 Å². The number of nitrogens with zero attached hydrogens (tertiary/aromatic N) is 2. The van der Waals surface area contributed by atoms with Crippen LogP contribution in [0, 0.1) is 0 Å². The van der Waals surface area contributed by atoms with Gasteiger partial charge in [0, 0.05) is 11.4 Å². The van der Waals surface area contributed by atoms with E-state index >= 15 is 0 Å². The standard InChI is InChI=1S/C22H21N3O3S/c1-26-17-9-14(10-18(27-2)20(17)28-3)12-23-21-16-11-19(15-7-5-4-6-8-15)29-22(16)25-13-24-21/h4-11,13H,12H2,1-3H3,(H,23,24,25). The first-order valence-corrected chi connectivity index (χ1v) is 9.88. The summed E-state index contributed by atoms with van der Waals surface area (Å²) in [4.78, 5) is 11.0. The minimum atomic E-state index is 0.555. The van der Waals surface area contributed by atoms with Crippen LogP contribution in [-0.2, 0) is 6.54 Å². The van der Waals surface area contributed by atoms with Crippen molar-refractivity contribution in [3.63, 3.8) is 0 Å². The Bertz CT molecular complexity index is 1100. The van der Waals surface area contributed by atoms with E-state index in [-0.39, 0.29) is 0 Å². The van der Waals surface area contributed by atoms with Crippen LogP contribution >= 0.6 is 11.3 Å². The number of nitrogens with one attached hydrogen (secondary N) is 1. The van der Waals surface area contributed by atoms with E-state index in [9.17, 15) is 0 Å². The lowest BCUT2D eigenvalue weighted by molar-refractivity contribution is 0.324. The average Bonchev–Trinajstić information content (AvgIpc) is 3.22. The first kappa shape index (κ1) is 19.0. The number of anilines is 1. The van der Waals surface area contributed by atoms with Crippen molar-refractivity contribution >= 4 is 27.4 Å². The van der Waals surface area contributed by atoms with Gasteiger partial charge in [0.25, 0.3) is 0 Å². The van der Waals surface area contributed by atoms with Crippen LogP contribution in [0.15, 0.2) is 54.9 Å². The molecule has 7 heteroatoms. The monoisotopic (exact) mass is 407 g/mol. The number of hydrogen-bond acceptors (Lipinski definition) is 7. The Kier molecular flexibility index (Phi) is 5.48. The molecule has 0 radical (unpaired) electrons. The summed E-state index contributed by atoms with van der Waals surface area (Å²) in [6, 6.07) is 16.3. The predicted octanol–water partition coefficient (Wildman–Crippen LogP) is 5.00. The van der Waals surface area contributed by atoms with Crippen molar-refractivity contribution in [2.24, 2.45) is 0 Å². The quantitative estimate of drug-likeness (QED) is 0.465. The number of ether oxygens (including phenoxy) is 3. The average molecular weight is 407 g/mol. The molecule has 0 fully saturated rings. The molecule has 0 saturated heterocycles. The van der Waals surface area contributed by atoms with Crippen molar-refractivity contribution in [1.29, 1.82) is 0 Å². The lowest BCUT2D eigenvalue weighted by Gasteiger charge is -2.14. The van der Waals surface area contributed by atoms with E-state index in [2.05, 4.69) is 33.5 Å². The Labute approximate surface area is 173 Å². The topological polar surface area (TPSA) is 65.5 Å². The first-order valence-electron chi connectivity index (χ1n) is 9.06. The molecule has 1 N–H and O–H groups in total. The van der Waals surface area contributed by atoms with Crippen LogP contribution in [0.25, 0.3) is 20.7 Å². The third-order valence-corrected chi connectivity index (χ3v) is 5.66. The van der Waals surface area contributed by atoms with Crippen LogP contribution in [0.2, 0.25) is 0 Å². The molecule has 148 valence electrons. The van der Waals surface area contributed by atoms with Crippen LogP contribution in [0.4, 0.5) is 5.82 Å². The lowest BCUT2D eigenvalue weighted by atomic mass is 10.1. The van der Waals surface area contributed by atoms with E-state index in [0.717, 1.165) is 26.5 Å². The smallest absolute Gasteiger partial charge is 0.203 e. The number of rotatable bonds is 7. The summed E-state index contributed by atoms with van der Waals surface area (Å²) in [5.41, 5.74) is 2.16. The van der Waals surface area contributed by atoms with Gasteiger partial charge in [-0.25, -0.2) is 9.97 Å². The second-order valence-corrected chi connectivity index (χ2v) is 7.34. The van der Waals surface area contributed by atoms with E-state index in [1.165, 1.54) is 5.56 Å². The fraction of sp³-hybridized carbons (Fsp3) is 0.182. The zero-order valence-electron chi connectivity index (χ0n) is 16.4. The number of aromatic nitrogens is 2. The molecule has 2 heterocycles. The number of thiophene rings is 1. The molecule has 0 atom stereocenters. The molecule has 29 heavy (non-hydrogen) atoms. The van der Waals surface area contributed by atoms with Gasteiger partial charge in [-0.15, -0.1) is 11.3 Å². The van der Waals surface area contributed by atoms with Crippen molar-refractivity contribution in [1.82, 2.24) is 9.97 Å². The Balaban J connectivity index is 1.63. The van der Waals surface area contributed by atoms with Gasteiger partial charge >= 0.3 is 0 Å². The predicted molar refractivity (Wildman–Crippen MR) is 116 cm³/mol. The maximum atomic E-state index is 5.44. The van der Waals surface area contributed by atoms with Crippen LogP contribution < -0.4 is 19.5 Å². The molecule has 0 aliphatic rings. The summed E-state index contributed by atoms with van der Waals surface area (Å²) in [6.45, 7) is 0.555. The van der Waals surface area contributed by atoms with E-state index in [1.54, 1.807) is 39.0 Å². The summed E-state index contributed by atoms with van der Waals surface area (Å²) in [5.74, 6) is 2.62. The van der Waals surface area contributed by atoms with Gasteiger partial charge in [-0.1, -0.05) is 30.3 Å². The highest BCUT2D eigenvalue weighted by atomic mass is 32.1. The molecule has 2 aromatic heterocycles. The summed E-state index contributed by atoms with van der Waals surface area (Å²) < 4.78 is 16.3. The summed E-state index contributed by atoms with van der Waals surface area (Å²) >= 11 is 1.66. The molecular weight excluding hydrogens is 386 g/mol. The van der Waals surface area contributed by atoms with Crippen LogP contribution in [0.5, 0.6) is 17.2 Å². The van der Waals surface area contributed by atoms with Gasteiger partial charge < -0.3 is 19.5 Å². The second kappa shape index (κ2) is 8.36. The largest absolute Gasteiger partial charge is 0.493 e. The molecule has 6 nitrogen and oxygen atoms in total. The Morgan fingerprint density at radius 2 is 1.62 bits per heavy atom. The number of methoxy groups -OCH3 is 3. The second-order valence-electron chi connectivity index (χ2n) is 6.30. The van der Waals surface area contributed by atoms with Crippen LogP contribution in [-0.4, -0.2) is 31.3 Å². The summed E-state index contributed by atoms with van der Waals surface area (Å²) in [6.07, 6.45) is 1.59. The van der Waals surface area contributed by atoms with E-state index < -0.39 is 0 Å². The summed E-state index contributed by atoms with van der Waals surface area (Å²) in [5, 5.41) is 4.42. The minimum Gasteiger partial charge on any atom is -0.493 e. The third-order valence-electron chi connectivity index (χ3n) is 4.57. The molecule has 0 amide bonds. The van der Waals surface area contributed by atoms with E-state index in [0.29, 0.717) is 23.8 Å². The van der Waals surface area contributed by atoms with Gasteiger partial charge in [0.05, 0.1) is 26.7 Å². The fourth-order valence-electron chi connectivity index (χ4n) is 3.16. The van der Waals surface area contributed by atoms with Gasteiger partial charge in [0.2, 0.25) is 5.75 Å². The zero-order valence-corrected chi connectivity index (χ0v) is 17.2. The van der Waals surface area contributed by atoms with Gasteiger partial charge in [0.1, 0.15) is 17.0 Å². The molecule has 2 aromatic carbocycles. The molecular formula is C22H21N3O3S. The fourth-order valence-corrected chi connectivity index (χ4v) is 4.17. The molecule has 0 aliphatic carbocycles. The third kappa shape index (κ3) is 3.82. The highest BCUT2D eigenvalue weighted by Gasteiger charge is 2.14. The van der Waals surface area contributed by atoms with E-state index in [4.69, 9.17) is 14.2 Å². The normalized spacial score (nSPS) is 10.7. The van der Waals surface area contributed by atoms with Gasteiger partial charge in [0.15, 0.2) is 11.5 Å². The molecule has 4 aromatic rings. The zero-order chi connectivity index (χ0) is 20.2. The Morgan fingerprint density at radius 3 is 2.28 bits per heavy atom. The molecule has 0 aliphatic heterocycles. The lowest BCUT2D eigenvalue weighted by Crippen LogP contribution is -2.04. The Morgan fingerprint density at radius 1 is 0.897 bits per heavy atom. The first-order chi connectivity index (χ1) is 14.2. The molecule has 0 spiro atoms. The number of benzene rings is 2. The van der Waals surface area contributed by atoms with Crippen LogP contribution in [0.1, 0.15) is 5.56 Å². The van der Waals surface area contributed by atoms with Crippen molar-refractivity contribution in [3.05, 3.63) is 60.4 Å². The number of fused-ring (bicyclic) bond motifs is 1. The van der Waals surface area contributed by atoms with Gasteiger partial charge in [-0.3, -0.25) is 0 Å². The van der Waals surface area contributed by atoms with Crippen molar-refractivity contribution in [3.8, 4) is 27.7 Å². The molecule has 0 unspecified atom stereocenters. The minimum absolute atomic E-state index is 0.555. The number of hydrogen-bond donors (Lipinski definition) is 1. The summed E-state index contributed by atoms with van der Waals surface area (Å²) in [7, 11) is 4.81. The maximum Gasteiger partial charge on any atom is 0.203 e. The van der Waals surface area contributed by atoms with Crippen LogP contribution in [0.3, 0.4) is 0 Å². The SMILES string of the molecule is COc1cc(CNc2ncnc3sc(-c4ccccc4)cc23)cc(OC)c1OC. The Hall–Kier alpha value is -3.32. The highest BCUT2D eigenvalue weighted by Crippen LogP contribution is 2.39. The highest BCUT2D eigenvalue weighted by molar-refractivity contribution is 7.21. The molecule has 0 bridgehead atoms. The van der Waals surface area contributed by atoms with Gasteiger partial charge in [-0.2, -0.15) is 0 Å². The molecule has 0 saturated carbocycles. The van der Waals surface area contributed by atoms with Gasteiger partial charge in [-0.05, 0) is 29.3 Å². The maximum absolute atomic E-state index is 5.44. The van der Waals surface area contributed by atoms with E-state index in [1.807, 2.05) is 30.3 Å². The van der Waals surface area contributed by atoms with Crippen molar-refractivity contribution < 1.29 is 14.2 Å². The van der Waals surface area contributed by atoms with Crippen molar-refractivity contribution in [2.75, 3.05) is 26.6 Å². The molecule has 4 rings (SSSR count).